The van der Waals surface area contributed by atoms with Crippen molar-refractivity contribution in [3.05, 3.63) is 64.5 Å². The van der Waals surface area contributed by atoms with Gasteiger partial charge in [0.15, 0.2) is 11.0 Å². The van der Waals surface area contributed by atoms with Crippen molar-refractivity contribution in [1.29, 1.82) is 0 Å². The van der Waals surface area contributed by atoms with Crippen LogP contribution in [-0.2, 0) is 17.4 Å². The Labute approximate surface area is 139 Å². The second-order valence-corrected chi connectivity index (χ2v) is 6.62. The van der Waals surface area contributed by atoms with Crippen molar-refractivity contribution >= 4 is 16.7 Å². The highest BCUT2D eigenvalue weighted by molar-refractivity contribution is 7.83. The molecule has 5 heteroatoms. The molecule has 0 fully saturated rings. The third-order valence-electron chi connectivity index (χ3n) is 3.76. The van der Waals surface area contributed by atoms with E-state index in [9.17, 15) is 8.60 Å². The number of hydrogen-bond donors (Lipinski definition) is 1. The van der Waals surface area contributed by atoms with Gasteiger partial charge in [-0.2, -0.15) is 5.10 Å². The minimum Gasteiger partial charge on any atom is -0.230 e. The number of aryl methyl sites for hydroxylation is 2. The maximum atomic E-state index is 13.8. The molecule has 0 bridgehead atoms. The summed E-state index contributed by atoms with van der Waals surface area (Å²) in [7, 11) is -1.44. The van der Waals surface area contributed by atoms with E-state index in [0.29, 0.717) is 16.2 Å². The van der Waals surface area contributed by atoms with Crippen molar-refractivity contribution < 1.29 is 8.60 Å². The van der Waals surface area contributed by atoms with Gasteiger partial charge in [0.2, 0.25) is 0 Å². The zero-order chi connectivity index (χ0) is 17.0. The van der Waals surface area contributed by atoms with Crippen LogP contribution in [0.5, 0.6) is 0 Å². The van der Waals surface area contributed by atoms with Crippen molar-refractivity contribution in [2.24, 2.45) is 5.10 Å². The molecular weight excluding hydrogens is 311 g/mol. The van der Waals surface area contributed by atoms with Crippen molar-refractivity contribution in [2.45, 2.75) is 39.0 Å². The number of hydrogen-bond acceptors (Lipinski definition) is 2. The molecule has 0 saturated carbocycles. The van der Waals surface area contributed by atoms with E-state index in [1.165, 1.54) is 6.07 Å². The SMILES string of the molecule is CCc1ccc(F)c(C)c1/C(C)=N/NS(=O)c1ccc(C)cc1. The predicted octanol–water partition coefficient (Wildman–Crippen LogP) is 4.04. The lowest BCUT2D eigenvalue weighted by Gasteiger charge is -2.12. The van der Waals surface area contributed by atoms with Crippen LogP contribution < -0.4 is 4.83 Å². The van der Waals surface area contributed by atoms with Gasteiger partial charge in [-0.15, -0.1) is 0 Å². The van der Waals surface area contributed by atoms with Crippen molar-refractivity contribution in [3.63, 3.8) is 0 Å². The van der Waals surface area contributed by atoms with Gasteiger partial charge in [0.1, 0.15) is 5.82 Å². The second-order valence-electron chi connectivity index (χ2n) is 5.43. The van der Waals surface area contributed by atoms with Crippen LogP contribution in [0.4, 0.5) is 4.39 Å². The van der Waals surface area contributed by atoms with E-state index in [1.807, 2.05) is 26.0 Å². The van der Waals surface area contributed by atoms with Crippen LogP contribution in [-0.4, -0.2) is 9.92 Å². The maximum Gasteiger partial charge on any atom is 0.166 e. The van der Waals surface area contributed by atoms with E-state index >= 15 is 0 Å². The van der Waals surface area contributed by atoms with Crippen molar-refractivity contribution in [3.8, 4) is 0 Å². The minimum absolute atomic E-state index is 0.258. The third kappa shape index (κ3) is 4.05. The molecule has 0 aliphatic rings. The number of nitrogens with zero attached hydrogens (tertiary/aromatic N) is 1. The van der Waals surface area contributed by atoms with Crippen LogP contribution in [0, 0.1) is 19.7 Å². The predicted molar refractivity (Wildman–Crippen MR) is 93.4 cm³/mol. The summed E-state index contributed by atoms with van der Waals surface area (Å²) in [6, 6.07) is 10.6. The Balaban J connectivity index is 2.25. The first-order valence-electron chi connectivity index (χ1n) is 7.50. The quantitative estimate of drug-likeness (QED) is 0.651. The Morgan fingerprint density at radius 3 is 2.43 bits per heavy atom. The Bertz CT molecular complexity index is 754. The summed E-state index contributed by atoms with van der Waals surface area (Å²) in [4.78, 5) is 3.30. The number of benzene rings is 2. The molecule has 2 aromatic rings. The molecule has 1 N–H and O–H groups in total. The smallest absolute Gasteiger partial charge is 0.166 e. The molecular formula is C18H21FN2OS. The van der Waals surface area contributed by atoms with E-state index < -0.39 is 11.0 Å². The molecule has 0 aromatic heterocycles. The summed E-state index contributed by atoms with van der Waals surface area (Å²) >= 11 is 0. The van der Waals surface area contributed by atoms with Gasteiger partial charge in [-0.25, -0.2) is 13.4 Å². The van der Waals surface area contributed by atoms with Gasteiger partial charge < -0.3 is 0 Å². The molecule has 0 amide bonds. The van der Waals surface area contributed by atoms with Crippen LogP contribution in [0.15, 0.2) is 46.4 Å². The number of nitrogens with one attached hydrogen (secondary N) is 1. The first-order valence-corrected chi connectivity index (χ1v) is 8.65. The zero-order valence-corrected chi connectivity index (χ0v) is 14.6. The second kappa shape index (κ2) is 7.51. The third-order valence-corrected chi connectivity index (χ3v) is 4.72. The molecule has 23 heavy (non-hydrogen) atoms. The molecule has 0 radical (unpaired) electrons. The highest BCUT2D eigenvalue weighted by Gasteiger charge is 2.12. The van der Waals surface area contributed by atoms with Gasteiger partial charge >= 0.3 is 0 Å². The molecule has 2 aromatic carbocycles. The van der Waals surface area contributed by atoms with Crippen LogP contribution in [0.1, 0.15) is 36.1 Å². The molecule has 3 nitrogen and oxygen atoms in total. The average molecular weight is 332 g/mol. The lowest BCUT2D eigenvalue weighted by Crippen LogP contribution is -2.15. The van der Waals surface area contributed by atoms with Crippen molar-refractivity contribution in [1.82, 2.24) is 4.83 Å². The fourth-order valence-electron chi connectivity index (χ4n) is 2.42. The molecule has 0 heterocycles. The van der Waals surface area contributed by atoms with Crippen molar-refractivity contribution in [2.75, 3.05) is 0 Å². The largest absolute Gasteiger partial charge is 0.230 e. The normalized spacial score (nSPS) is 13.0. The van der Waals surface area contributed by atoms with Crippen LogP contribution in [0.2, 0.25) is 0 Å². The Kier molecular flexibility index (Phi) is 5.66. The molecule has 0 aliphatic carbocycles. The fraction of sp³-hybridized carbons (Fsp3) is 0.278. The molecule has 0 saturated heterocycles. The highest BCUT2D eigenvalue weighted by atomic mass is 32.2. The number of hydrazone groups is 1. The summed E-state index contributed by atoms with van der Waals surface area (Å²) in [5, 5.41) is 4.20. The summed E-state index contributed by atoms with van der Waals surface area (Å²) < 4.78 is 26.0. The highest BCUT2D eigenvalue weighted by Crippen LogP contribution is 2.19. The van der Waals surface area contributed by atoms with E-state index in [4.69, 9.17) is 0 Å². The Morgan fingerprint density at radius 2 is 1.83 bits per heavy atom. The van der Waals surface area contributed by atoms with Gasteiger partial charge in [-0.05, 0) is 56.5 Å². The van der Waals surface area contributed by atoms with Crippen LogP contribution >= 0.6 is 0 Å². The lowest BCUT2D eigenvalue weighted by molar-refractivity contribution is 0.617. The van der Waals surface area contributed by atoms with E-state index in [2.05, 4.69) is 9.93 Å². The molecule has 2 rings (SSSR count). The molecule has 122 valence electrons. The standard InChI is InChI=1S/C18H21FN2OS/c1-5-15-8-11-17(19)13(3)18(15)14(4)20-21-23(22)16-9-6-12(2)7-10-16/h6-11,21H,5H2,1-4H3/b20-14+. The van der Waals surface area contributed by atoms with Gasteiger partial charge in [0.25, 0.3) is 0 Å². The summed E-state index contributed by atoms with van der Waals surface area (Å²) in [5.41, 5.74) is 4.09. The first kappa shape index (κ1) is 17.3. The minimum atomic E-state index is -1.44. The van der Waals surface area contributed by atoms with Crippen LogP contribution in [0.25, 0.3) is 0 Å². The van der Waals surface area contributed by atoms with Gasteiger partial charge in [0.05, 0.1) is 10.6 Å². The first-order chi connectivity index (χ1) is 10.9. The molecule has 0 spiro atoms. The Hall–Kier alpha value is -2.01. The van der Waals surface area contributed by atoms with E-state index in [0.717, 1.165) is 23.1 Å². The van der Waals surface area contributed by atoms with Crippen LogP contribution in [0.3, 0.4) is 0 Å². The number of halogens is 1. The molecule has 1 unspecified atom stereocenters. The monoisotopic (exact) mass is 332 g/mol. The molecule has 0 aliphatic heterocycles. The molecule has 1 atom stereocenters. The zero-order valence-electron chi connectivity index (χ0n) is 13.8. The fourth-order valence-corrected chi connectivity index (χ4v) is 3.13. The van der Waals surface area contributed by atoms with Gasteiger partial charge in [-0.3, -0.25) is 0 Å². The van der Waals surface area contributed by atoms with E-state index in [1.54, 1.807) is 32.0 Å². The number of rotatable bonds is 5. The van der Waals surface area contributed by atoms with Gasteiger partial charge in [-0.1, -0.05) is 30.7 Å². The Morgan fingerprint density at radius 1 is 1.17 bits per heavy atom. The lowest BCUT2D eigenvalue weighted by atomic mass is 9.96. The maximum absolute atomic E-state index is 13.8. The van der Waals surface area contributed by atoms with Gasteiger partial charge in [0, 0.05) is 5.56 Å². The summed E-state index contributed by atoms with van der Waals surface area (Å²) in [5.74, 6) is -0.258. The topological polar surface area (TPSA) is 41.5 Å². The average Bonchev–Trinajstić information content (AvgIpc) is 2.55. The summed E-state index contributed by atoms with van der Waals surface area (Å²) in [6.45, 7) is 7.52. The van der Waals surface area contributed by atoms with E-state index in [-0.39, 0.29) is 5.82 Å². The summed E-state index contributed by atoms with van der Waals surface area (Å²) in [6.07, 6.45) is 0.782.